The molecule has 1 aromatic heterocycles. The Balaban J connectivity index is 1.68. The van der Waals surface area contributed by atoms with Crippen LogP contribution in [0.3, 0.4) is 0 Å². The number of hydrogen-bond donors (Lipinski definition) is 1. The number of carbonyl (C=O) groups excluding carboxylic acids is 1. The summed E-state index contributed by atoms with van der Waals surface area (Å²) >= 11 is 12.5. The SMILES string of the molecule is CC(CC(=O)O)CC(=O)c1c(CCCCCCc2ccccc2Cl)n(C)c2ccc(Cl)cc12. The zero-order chi connectivity index (χ0) is 24.0. The lowest BCUT2D eigenvalue weighted by atomic mass is 9.94. The molecule has 4 nitrogen and oxygen atoms in total. The van der Waals surface area contributed by atoms with Gasteiger partial charge in [0.05, 0.1) is 0 Å². The van der Waals surface area contributed by atoms with Gasteiger partial charge in [0.25, 0.3) is 0 Å². The first-order valence-electron chi connectivity index (χ1n) is 11.5. The predicted octanol–water partition coefficient (Wildman–Crippen LogP) is 7.51. The van der Waals surface area contributed by atoms with Crippen molar-refractivity contribution in [3.8, 4) is 0 Å². The van der Waals surface area contributed by atoms with Gasteiger partial charge in [0.2, 0.25) is 0 Å². The van der Waals surface area contributed by atoms with Crippen molar-refractivity contribution in [2.75, 3.05) is 0 Å². The molecule has 0 spiro atoms. The van der Waals surface area contributed by atoms with Gasteiger partial charge in [-0.1, -0.05) is 61.2 Å². The van der Waals surface area contributed by atoms with Crippen LogP contribution in [-0.2, 0) is 24.7 Å². The first-order chi connectivity index (χ1) is 15.8. The first kappa shape index (κ1) is 25.3. The first-order valence-corrected chi connectivity index (χ1v) is 12.3. The maximum Gasteiger partial charge on any atom is 0.303 e. The molecule has 2 aromatic carbocycles. The summed E-state index contributed by atoms with van der Waals surface area (Å²) in [5.41, 5.74) is 3.87. The molecular weight excluding hydrogens is 457 g/mol. The number of carbonyl (C=O) groups is 2. The van der Waals surface area contributed by atoms with Crippen LogP contribution in [0.15, 0.2) is 42.5 Å². The summed E-state index contributed by atoms with van der Waals surface area (Å²) in [5, 5.41) is 11.3. The van der Waals surface area contributed by atoms with E-state index < -0.39 is 5.97 Å². The normalized spacial score (nSPS) is 12.2. The highest BCUT2D eigenvalue weighted by Crippen LogP contribution is 2.31. The van der Waals surface area contributed by atoms with E-state index in [1.807, 2.05) is 50.4 Å². The molecule has 0 saturated carbocycles. The van der Waals surface area contributed by atoms with Gasteiger partial charge >= 0.3 is 5.97 Å². The van der Waals surface area contributed by atoms with Gasteiger partial charge in [-0.15, -0.1) is 0 Å². The van der Waals surface area contributed by atoms with Gasteiger partial charge in [0.15, 0.2) is 5.78 Å². The van der Waals surface area contributed by atoms with Gasteiger partial charge in [0, 0.05) is 52.1 Å². The third kappa shape index (κ3) is 6.61. The highest BCUT2D eigenvalue weighted by molar-refractivity contribution is 6.31. The lowest BCUT2D eigenvalue weighted by Gasteiger charge is -2.11. The Bertz CT molecular complexity index is 1140. The number of Topliss-reactive ketones (excluding diaryl/α,β-unsaturated/α-hetero) is 1. The Morgan fingerprint density at radius 3 is 2.36 bits per heavy atom. The molecule has 6 heteroatoms. The Hall–Kier alpha value is -2.30. The summed E-state index contributed by atoms with van der Waals surface area (Å²) in [5.74, 6) is -1.11. The van der Waals surface area contributed by atoms with Gasteiger partial charge in [-0.25, -0.2) is 0 Å². The summed E-state index contributed by atoms with van der Waals surface area (Å²) in [4.78, 5) is 24.3. The molecule has 0 aliphatic carbocycles. The quantitative estimate of drug-likeness (QED) is 0.212. The highest BCUT2D eigenvalue weighted by Gasteiger charge is 2.23. The monoisotopic (exact) mass is 487 g/mol. The minimum absolute atomic E-state index is 0.00895. The van der Waals surface area contributed by atoms with E-state index in [1.165, 1.54) is 5.56 Å². The summed E-state index contributed by atoms with van der Waals surface area (Å²) in [7, 11) is 1.99. The van der Waals surface area contributed by atoms with E-state index in [4.69, 9.17) is 28.3 Å². The summed E-state index contributed by atoms with van der Waals surface area (Å²) < 4.78 is 2.09. The number of halogens is 2. The number of ketones is 1. The average molecular weight is 488 g/mol. The molecule has 0 radical (unpaired) electrons. The zero-order valence-electron chi connectivity index (χ0n) is 19.2. The van der Waals surface area contributed by atoms with E-state index in [9.17, 15) is 9.59 Å². The van der Waals surface area contributed by atoms with Crippen LogP contribution in [-0.4, -0.2) is 21.4 Å². The van der Waals surface area contributed by atoms with E-state index in [0.717, 1.165) is 60.1 Å². The van der Waals surface area contributed by atoms with Gasteiger partial charge in [-0.3, -0.25) is 9.59 Å². The van der Waals surface area contributed by atoms with Crippen LogP contribution in [0, 0.1) is 5.92 Å². The van der Waals surface area contributed by atoms with Crippen LogP contribution >= 0.6 is 23.2 Å². The van der Waals surface area contributed by atoms with Crippen molar-refractivity contribution in [3.05, 3.63) is 69.3 Å². The third-order valence-corrected chi connectivity index (χ3v) is 6.79. The standard InChI is InChI=1S/C27H31Cl2NO3/c1-18(16-26(32)33)15-25(31)27-21-17-20(28)13-14-23(21)30(2)24(27)12-6-4-3-5-9-19-10-7-8-11-22(19)29/h7-8,10-11,13-14,17-18H,3-6,9,12,15-16H2,1-2H3,(H,32,33). The maximum atomic E-state index is 13.3. The number of benzene rings is 2. The fourth-order valence-corrected chi connectivity index (χ4v) is 4.93. The molecule has 33 heavy (non-hydrogen) atoms. The fraction of sp³-hybridized carbons (Fsp3) is 0.407. The molecule has 3 rings (SSSR count). The van der Waals surface area contributed by atoms with Crippen molar-refractivity contribution in [2.24, 2.45) is 13.0 Å². The minimum atomic E-state index is -0.881. The van der Waals surface area contributed by atoms with Crippen LogP contribution < -0.4 is 0 Å². The maximum absolute atomic E-state index is 13.3. The van der Waals surface area contributed by atoms with Crippen LogP contribution in [0.2, 0.25) is 10.0 Å². The van der Waals surface area contributed by atoms with Gasteiger partial charge in [0.1, 0.15) is 0 Å². The number of rotatable bonds is 12. The Kier molecular flexibility index (Phi) is 8.99. The van der Waals surface area contributed by atoms with Crippen LogP contribution in [0.5, 0.6) is 0 Å². The van der Waals surface area contributed by atoms with Crippen molar-refractivity contribution in [2.45, 2.75) is 58.3 Å². The topological polar surface area (TPSA) is 59.3 Å². The Labute approximate surface area is 205 Å². The number of carboxylic acids is 1. The highest BCUT2D eigenvalue weighted by atomic mass is 35.5. The number of aryl methyl sites for hydroxylation is 2. The predicted molar refractivity (Wildman–Crippen MR) is 136 cm³/mol. The summed E-state index contributed by atoms with van der Waals surface area (Å²) in [6, 6.07) is 13.6. The molecule has 0 bridgehead atoms. The van der Waals surface area contributed by atoms with Crippen molar-refractivity contribution in [1.82, 2.24) is 4.57 Å². The largest absolute Gasteiger partial charge is 0.481 e. The molecule has 1 atom stereocenters. The molecular formula is C27H31Cl2NO3. The van der Waals surface area contributed by atoms with Crippen LogP contribution in [0.1, 0.15) is 67.1 Å². The average Bonchev–Trinajstić information content (AvgIpc) is 3.02. The molecule has 1 heterocycles. The summed E-state index contributed by atoms with van der Waals surface area (Å²) in [6.45, 7) is 1.81. The number of carboxylic acid groups (broad SMARTS) is 1. The number of fused-ring (bicyclic) bond motifs is 1. The molecule has 0 amide bonds. The number of hydrogen-bond acceptors (Lipinski definition) is 2. The second-order valence-corrected chi connectivity index (χ2v) is 9.72. The molecule has 3 aromatic rings. The molecule has 1 N–H and O–H groups in total. The zero-order valence-corrected chi connectivity index (χ0v) is 20.8. The molecule has 0 saturated heterocycles. The number of aromatic nitrogens is 1. The fourth-order valence-electron chi connectivity index (χ4n) is 4.52. The number of nitrogens with zero attached hydrogens (tertiary/aromatic N) is 1. The summed E-state index contributed by atoms with van der Waals surface area (Å²) in [6.07, 6.45) is 6.18. The van der Waals surface area contributed by atoms with E-state index in [-0.39, 0.29) is 24.5 Å². The smallest absolute Gasteiger partial charge is 0.303 e. The van der Waals surface area contributed by atoms with E-state index in [1.54, 1.807) is 0 Å². The third-order valence-electron chi connectivity index (χ3n) is 6.19. The van der Waals surface area contributed by atoms with E-state index in [0.29, 0.717) is 10.6 Å². The van der Waals surface area contributed by atoms with Gasteiger partial charge < -0.3 is 9.67 Å². The molecule has 1 unspecified atom stereocenters. The molecule has 176 valence electrons. The van der Waals surface area contributed by atoms with Crippen LogP contribution in [0.4, 0.5) is 0 Å². The second kappa shape index (κ2) is 11.7. The van der Waals surface area contributed by atoms with Gasteiger partial charge in [-0.2, -0.15) is 0 Å². The molecule has 0 aliphatic heterocycles. The lowest BCUT2D eigenvalue weighted by molar-refractivity contribution is -0.137. The second-order valence-electron chi connectivity index (χ2n) is 8.88. The van der Waals surface area contributed by atoms with E-state index in [2.05, 4.69) is 10.6 Å². The molecule has 0 aliphatic rings. The Morgan fingerprint density at radius 2 is 1.67 bits per heavy atom. The minimum Gasteiger partial charge on any atom is -0.481 e. The van der Waals surface area contributed by atoms with E-state index >= 15 is 0 Å². The van der Waals surface area contributed by atoms with Crippen molar-refractivity contribution < 1.29 is 14.7 Å². The van der Waals surface area contributed by atoms with Gasteiger partial charge in [-0.05, 0) is 61.4 Å². The van der Waals surface area contributed by atoms with Crippen LogP contribution in [0.25, 0.3) is 10.9 Å². The van der Waals surface area contributed by atoms with Crippen molar-refractivity contribution >= 4 is 45.9 Å². The lowest BCUT2D eigenvalue weighted by Crippen LogP contribution is -2.12. The molecule has 0 fully saturated rings. The van der Waals surface area contributed by atoms with Crippen molar-refractivity contribution in [3.63, 3.8) is 0 Å². The number of unbranched alkanes of at least 4 members (excludes halogenated alkanes) is 3. The van der Waals surface area contributed by atoms with Crippen molar-refractivity contribution in [1.29, 1.82) is 0 Å². The number of aliphatic carboxylic acids is 1. The Morgan fingerprint density at radius 1 is 0.970 bits per heavy atom.